The van der Waals surface area contributed by atoms with E-state index in [0.717, 1.165) is 11.3 Å². The van der Waals surface area contributed by atoms with Crippen LogP contribution in [0.5, 0.6) is 5.75 Å². The summed E-state index contributed by atoms with van der Waals surface area (Å²) < 4.78 is 22.9. The van der Waals surface area contributed by atoms with Gasteiger partial charge in [-0.2, -0.15) is 4.39 Å². The van der Waals surface area contributed by atoms with Crippen molar-refractivity contribution in [2.45, 2.75) is 6.61 Å². The molecule has 0 saturated carbocycles. The quantitative estimate of drug-likeness (QED) is 0.627. The number of benzene rings is 1. The van der Waals surface area contributed by atoms with E-state index >= 15 is 0 Å². The fourth-order valence-electron chi connectivity index (χ4n) is 1.47. The van der Waals surface area contributed by atoms with Gasteiger partial charge in [0.2, 0.25) is 5.95 Å². The Kier molecular flexibility index (Phi) is 4.07. The fourth-order valence-corrected chi connectivity index (χ4v) is 1.47. The molecule has 1 heterocycles. The highest BCUT2D eigenvalue weighted by Gasteiger charge is 2.09. The van der Waals surface area contributed by atoms with Gasteiger partial charge in [-0.1, -0.05) is 18.2 Å². The monoisotopic (exact) mass is 261 g/mol. The molecule has 0 amide bonds. The molecule has 0 aliphatic carbocycles. The molecule has 0 saturated heterocycles. The van der Waals surface area contributed by atoms with E-state index in [4.69, 9.17) is 9.47 Å². The van der Waals surface area contributed by atoms with Crippen LogP contribution in [0.25, 0.3) is 0 Å². The second-order valence-corrected chi connectivity index (χ2v) is 3.77. The first-order valence-electron chi connectivity index (χ1n) is 5.61. The molecule has 1 aromatic heterocycles. The summed E-state index contributed by atoms with van der Waals surface area (Å²) in [6.07, 6.45) is 0. The van der Waals surface area contributed by atoms with Gasteiger partial charge in [0.15, 0.2) is 5.69 Å². The molecule has 2 aromatic rings. The number of halogens is 1. The molecule has 2 rings (SSSR count). The summed E-state index contributed by atoms with van der Waals surface area (Å²) in [5, 5.41) is 0. The highest BCUT2D eigenvalue weighted by atomic mass is 19.1. The SMILES string of the molecule is COc1ccc(COC(=O)c2cccc(F)n2)cc1. The van der Waals surface area contributed by atoms with Crippen molar-refractivity contribution >= 4 is 5.97 Å². The number of methoxy groups -OCH3 is 1. The van der Waals surface area contributed by atoms with Gasteiger partial charge in [-0.25, -0.2) is 9.78 Å². The van der Waals surface area contributed by atoms with Gasteiger partial charge in [-0.05, 0) is 29.8 Å². The lowest BCUT2D eigenvalue weighted by Gasteiger charge is -2.05. The molecule has 5 heteroatoms. The van der Waals surface area contributed by atoms with Crippen LogP contribution in [0.2, 0.25) is 0 Å². The molecule has 0 radical (unpaired) electrons. The molecule has 0 fully saturated rings. The van der Waals surface area contributed by atoms with Gasteiger partial charge in [0.05, 0.1) is 7.11 Å². The third kappa shape index (κ3) is 3.51. The lowest BCUT2D eigenvalue weighted by Crippen LogP contribution is -2.08. The molecule has 0 aliphatic heterocycles. The fraction of sp³-hybridized carbons (Fsp3) is 0.143. The van der Waals surface area contributed by atoms with E-state index in [1.807, 2.05) is 0 Å². The summed E-state index contributed by atoms with van der Waals surface area (Å²) in [6.45, 7) is 0.0982. The van der Waals surface area contributed by atoms with Crippen LogP contribution in [0.3, 0.4) is 0 Å². The number of pyridine rings is 1. The smallest absolute Gasteiger partial charge is 0.357 e. The third-order valence-electron chi connectivity index (χ3n) is 2.45. The lowest BCUT2D eigenvalue weighted by molar-refractivity contribution is 0.0464. The number of aromatic nitrogens is 1. The number of ether oxygens (including phenoxy) is 2. The second-order valence-electron chi connectivity index (χ2n) is 3.77. The van der Waals surface area contributed by atoms with Crippen molar-refractivity contribution < 1.29 is 18.7 Å². The first-order chi connectivity index (χ1) is 9.19. The molecule has 4 nitrogen and oxygen atoms in total. The van der Waals surface area contributed by atoms with Crippen LogP contribution in [0.1, 0.15) is 16.1 Å². The van der Waals surface area contributed by atoms with Gasteiger partial charge >= 0.3 is 5.97 Å². The normalized spacial score (nSPS) is 10.0. The standard InChI is InChI=1S/C14H12FNO3/c1-18-11-7-5-10(6-8-11)9-19-14(17)12-3-2-4-13(15)16-12/h2-8H,9H2,1H3. The molecule has 0 atom stereocenters. The number of rotatable bonds is 4. The van der Waals surface area contributed by atoms with Crippen LogP contribution < -0.4 is 4.74 Å². The number of carbonyl (C=O) groups excluding carboxylic acids is 1. The minimum atomic E-state index is -0.709. The highest BCUT2D eigenvalue weighted by Crippen LogP contribution is 2.12. The number of esters is 1. The predicted molar refractivity (Wildman–Crippen MR) is 66.3 cm³/mol. The average molecular weight is 261 g/mol. The zero-order valence-corrected chi connectivity index (χ0v) is 10.3. The van der Waals surface area contributed by atoms with E-state index in [9.17, 15) is 9.18 Å². The molecule has 1 aromatic carbocycles. The van der Waals surface area contributed by atoms with Crippen LogP contribution in [0, 0.1) is 5.95 Å². The summed E-state index contributed by atoms with van der Waals surface area (Å²) in [5.41, 5.74) is 0.763. The third-order valence-corrected chi connectivity index (χ3v) is 2.45. The van der Waals surface area contributed by atoms with Crippen LogP contribution in [0.4, 0.5) is 4.39 Å². The van der Waals surface area contributed by atoms with Crippen molar-refractivity contribution in [3.63, 3.8) is 0 Å². The summed E-state index contributed by atoms with van der Waals surface area (Å²) >= 11 is 0. The first kappa shape index (κ1) is 13.0. The number of hydrogen-bond donors (Lipinski definition) is 0. The van der Waals surface area contributed by atoms with Crippen molar-refractivity contribution in [2.75, 3.05) is 7.11 Å². The van der Waals surface area contributed by atoms with Gasteiger partial charge in [0.25, 0.3) is 0 Å². The van der Waals surface area contributed by atoms with E-state index in [1.54, 1.807) is 31.4 Å². The average Bonchev–Trinajstić information content (AvgIpc) is 2.45. The maximum Gasteiger partial charge on any atom is 0.357 e. The predicted octanol–water partition coefficient (Wildman–Crippen LogP) is 2.59. The van der Waals surface area contributed by atoms with E-state index in [2.05, 4.69) is 4.98 Å². The molecule has 19 heavy (non-hydrogen) atoms. The number of nitrogens with zero attached hydrogens (tertiary/aromatic N) is 1. The van der Waals surface area contributed by atoms with Crippen molar-refractivity contribution in [2.24, 2.45) is 0 Å². The Labute approximate surface area is 109 Å². The minimum absolute atomic E-state index is 0.0477. The minimum Gasteiger partial charge on any atom is -0.497 e. The maximum atomic E-state index is 12.8. The molecule has 0 spiro atoms. The summed E-state index contributed by atoms with van der Waals surface area (Å²) in [6, 6.07) is 11.1. The summed E-state index contributed by atoms with van der Waals surface area (Å²) in [5.74, 6) is -0.643. The van der Waals surface area contributed by atoms with Gasteiger partial charge in [0, 0.05) is 0 Å². The Hall–Kier alpha value is -2.43. The van der Waals surface area contributed by atoms with E-state index in [1.165, 1.54) is 18.2 Å². The largest absolute Gasteiger partial charge is 0.497 e. The Morgan fingerprint density at radius 1 is 1.21 bits per heavy atom. The summed E-state index contributed by atoms with van der Waals surface area (Å²) in [4.78, 5) is 15.1. The zero-order chi connectivity index (χ0) is 13.7. The molecule has 0 aliphatic rings. The van der Waals surface area contributed by atoms with Crippen LogP contribution in [0.15, 0.2) is 42.5 Å². The Morgan fingerprint density at radius 3 is 2.58 bits per heavy atom. The van der Waals surface area contributed by atoms with Crippen LogP contribution >= 0.6 is 0 Å². The van der Waals surface area contributed by atoms with E-state index in [0.29, 0.717) is 0 Å². The molecule has 0 N–H and O–H groups in total. The highest BCUT2D eigenvalue weighted by molar-refractivity contribution is 5.87. The van der Waals surface area contributed by atoms with Crippen molar-refractivity contribution in [1.82, 2.24) is 4.98 Å². The Bertz CT molecular complexity index is 569. The molecular weight excluding hydrogens is 249 g/mol. The molecular formula is C14H12FNO3. The van der Waals surface area contributed by atoms with Crippen molar-refractivity contribution in [3.05, 3.63) is 59.7 Å². The zero-order valence-electron chi connectivity index (χ0n) is 10.3. The lowest BCUT2D eigenvalue weighted by atomic mass is 10.2. The molecule has 0 unspecified atom stereocenters. The maximum absolute atomic E-state index is 12.8. The van der Waals surface area contributed by atoms with Gasteiger partial charge in [-0.15, -0.1) is 0 Å². The number of hydrogen-bond acceptors (Lipinski definition) is 4. The Morgan fingerprint density at radius 2 is 1.95 bits per heavy atom. The molecule has 98 valence electrons. The van der Waals surface area contributed by atoms with Crippen LogP contribution in [-0.4, -0.2) is 18.1 Å². The van der Waals surface area contributed by atoms with Crippen molar-refractivity contribution in [3.8, 4) is 5.75 Å². The van der Waals surface area contributed by atoms with Crippen molar-refractivity contribution in [1.29, 1.82) is 0 Å². The molecule has 0 bridgehead atoms. The second kappa shape index (κ2) is 5.95. The topological polar surface area (TPSA) is 48.4 Å². The summed E-state index contributed by atoms with van der Waals surface area (Å²) in [7, 11) is 1.57. The van der Waals surface area contributed by atoms with E-state index < -0.39 is 11.9 Å². The number of carbonyl (C=O) groups is 1. The van der Waals surface area contributed by atoms with Crippen LogP contribution in [-0.2, 0) is 11.3 Å². The van der Waals surface area contributed by atoms with Gasteiger partial charge in [-0.3, -0.25) is 0 Å². The van der Waals surface area contributed by atoms with Gasteiger partial charge < -0.3 is 9.47 Å². The first-order valence-corrected chi connectivity index (χ1v) is 5.61. The Balaban J connectivity index is 1.96. The van der Waals surface area contributed by atoms with Gasteiger partial charge in [0.1, 0.15) is 12.4 Å². The van der Waals surface area contributed by atoms with E-state index in [-0.39, 0.29) is 12.3 Å².